The van der Waals surface area contributed by atoms with Crippen molar-refractivity contribution in [3.05, 3.63) is 60.4 Å². The number of nitrogens with one attached hydrogen (secondary N) is 1. The van der Waals surface area contributed by atoms with E-state index in [4.69, 9.17) is 4.74 Å². The van der Waals surface area contributed by atoms with Crippen molar-refractivity contribution >= 4 is 27.3 Å². The van der Waals surface area contributed by atoms with E-state index in [9.17, 15) is 8.42 Å². The van der Waals surface area contributed by atoms with Crippen LogP contribution in [0.3, 0.4) is 0 Å². The predicted molar refractivity (Wildman–Crippen MR) is 118 cm³/mol. The topological polar surface area (TPSA) is 101 Å². The molecule has 3 aromatic rings. The quantitative estimate of drug-likeness (QED) is 0.624. The molecule has 31 heavy (non-hydrogen) atoms. The first-order valence-electron chi connectivity index (χ1n) is 9.88. The number of rotatable bonds is 6. The van der Waals surface area contributed by atoms with Gasteiger partial charge in [0.1, 0.15) is 10.6 Å². The number of hydrogen-bond acceptors (Lipinski definition) is 8. The Morgan fingerprint density at radius 2 is 1.71 bits per heavy atom. The predicted octanol–water partition coefficient (Wildman–Crippen LogP) is 2.44. The number of sulfonamides is 1. The fraction of sp³-hybridized carbons (Fsp3) is 0.286. The second-order valence-corrected chi connectivity index (χ2v) is 9.09. The molecular weight excluding hydrogens is 416 g/mol. The second-order valence-electron chi connectivity index (χ2n) is 7.18. The molecule has 9 nitrogen and oxygen atoms in total. The Morgan fingerprint density at radius 1 is 0.968 bits per heavy atom. The number of aryl methyl sites for hydroxylation is 1. The molecule has 0 atom stereocenters. The molecule has 4 rings (SSSR count). The van der Waals surface area contributed by atoms with Crippen molar-refractivity contribution in [2.75, 3.05) is 43.5 Å². The monoisotopic (exact) mass is 440 g/mol. The molecule has 1 saturated heterocycles. The van der Waals surface area contributed by atoms with Crippen molar-refractivity contribution < 1.29 is 13.2 Å². The van der Waals surface area contributed by atoms with Gasteiger partial charge in [0, 0.05) is 44.3 Å². The number of ether oxygens (including phenoxy) is 1. The maximum atomic E-state index is 13.2. The van der Waals surface area contributed by atoms with Gasteiger partial charge >= 0.3 is 0 Å². The molecular formula is C21H24N6O3S. The van der Waals surface area contributed by atoms with E-state index < -0.39 is 10.0 Å². The van der Waals surface area contributed by atoms with E-state index in [2.05, 4.69) is 20.5 Å². The molecule has 1 fully saturated rings. The number of benzene rings is 1. The molecule has 0 radical (unpaired) electrons. The van der Waals surface area contributed by atoms with Crippen molar-refractivity contribution in [1.82, 2.24) is 19.5 Å². The average Bonchev–Trinajstić information content (AvgIpc) is 2.80. The minimum Gasteiger partial charge on any atom is -0.495 e. The van der Waals surface area contributed by atoms with E-state index in [0.717, 1.165) is 11.3 Å². The van der Waals surface area contributed by atoms with Crippen LogP contribution in [0.4, 0.5) is 17.3 Å². The summed E-state index contributed by atoms with van der Waals surface area (Å²) in [5, 5.41) is 11.7. The van der Waals surface area contributed by atoms with E-state index in [1.807, 2.05) is 42.2 Å². The average molecular weight is 441 g/mol. The third-order valence-electron chi connectivity index (χ3n) is 5.10. The van der Waals surface area contributed by atoms with E-state index in [-0.39, 0.29) is 4.90 Å². The highest BCUT2D eigenvalue weighted by Crippen LogP contribution is 2.29. The summed E-state index contributed by atoms with van der Waals surface area (Å²) in [6, 6.07) is 12.6. The first-order chi connectivity index (χ1) is 15.0. The molecule has 2 aromatic heterocycles. The second kappa shape index (κ2) is 8.86. The van der Waals surface area contributed by atoms with Gasteiger partial charge in [-0.05, 0) is 48.9 Å². The minimum absolute atomic E-state index is 0.204. The van der Waals surface area contributed by atoms with Crippen LogP contribution in [0, 0.1) is 6.92 Å². The Morgan fingerprint density at radius 3 is 2.35 bits per heavy atom. The number of anilines is 3. The Bertz CT molecular complexity index is 1130. The summed E-state index contributed by atoms with van der Waals surface area (Å²) in [7, 11) is -2.16. The van der Waals surface area contributed by atoms with Crippen molar-refractivity contribution in [3.63, 3.8) is 0 Å². The zero-order chi connectivity index (χ0) is 21.8. The van der Waals surface area contributed by atoms with Gasteiger partial charge in [-0.25, -0.2) is 8.42 Å². The van der Waals surface area contributed by atoms with E-state index in [1.54, 1.807) is 24.5 Å². The van der Waals surface area contributed by atoms with Crippen LogP contribution in [0.2, 0.25) is 0 Å². The van der Waals surface area contributed by atoms with Gasteiger partial charge in [-0.3, -0.25) is 4.98 Å². The largest absolute Gasteiger partial charge is 0.495 e. The fourth-order valence-corrected chi connectivity index (χ4v) is 5.09. The van der Waals surface area contributed by atoms with Crippen LogP contribution in [-0.2, 0) is 10.0 Å². The molecule has 1 aliphatic heterocycles. The number of piperazine rings is 1. The molecule has 0 unspecified atom stereocenters. The Kier molecular flexibility index (Phi) is 6.01. The maximum absolute atomic E-state index is 13.2. The van der Waals surface area contributed by atoms with E-state index in [0.29, 0.717) is 43.6 Å². The van der Waals surface area contributed by atoms with Crippen LogP contribution < -0.4 is 15.0 Å². The van der Waals surface area contributed by atoms with Gasteiger partial charge in [-0.2, -0.15) is 4.31 Å². The smallest absolute Gasteiger partial charge is 0.246 e. The summed E-state index contributed by atoms with van der Waals surface area (Å²) in [6.45, 7) is 3.64. The third-order valence-corrected chi connectivity index (χ3v) is 7.02. The Balaban J connectivity index is 1.42. The highest BCUT2D eigenvalue weighted by molar-refractivity contribution is 7.89. The molecule has 1 aromatic carbocycles. The Hall–Kier alpha value is -3.24. The molecule has 0 spiro atoms. The van der Waals surface area contributed by atoms with Gasteiger partial charge in [0.15, 0.2) is 11.6 Å². The first kappa shape index (κ1) is 21.0. The minimum atomic E-state index is -3.64. The molecule has 3 heterocycles. The third kappa shape index (κ3) is 4.59. The van der Waals surface area contributed by atoms with Gasteiger partial charge < -0.3 is 15.0 Å². The first-order valence-corrected chi connectivity index (χ1v) is 11.3. The van der Waals surface area contributed by atoms with Crippen LogP contribution in [0.5, 0.6) is 5.75 Å². The lowest BCUT2D eigenvalue weighted by atomic mass is 10.2. The molecule has 162 valence electrons. The summed E-state index contributed by atoms with van der Waals surface area (Å²) in [6.07, 6.45) is 3.40. The highest BCUT2D eigenvalue weighted by Gasteiger charge is 2.31. The van der Waals surface area contributed by atoms with Crippen molar-refractivity contribution in [2.24, 2.45) is 0 Å². The summed E-state index contributed by atoms with van der Waals surface area (Å²) in [5.74, 6) is 1.70. The molecule has 0 bridgehead atoms. The lowest BCUT2D eigenvalue weighted by molar-refractivity contribution is 0.373. The van der Waals surface area contributed by atoms with Crippen LogP contribution in [-0.4, -0.2) is 61.2 Å². The summed E-state index contributed by atoms with van der Waals surface area (Å²) in [5.41, 5.74) is 1.75. The number of methoxy groups -OCH3 is 1. The summed E-state index contributed by atoms with van der Waals surface area (Å²) in [4.78, 5) is 6.22. The van der Waals surface area contributed by atoms with Gasteiger partial charge in [0.25, 0.3) is 0 Å². The van der Waals surface area contributed by atoms with Crippen LogP contribution in [0.15, 0.2) is 59.8 Å². The van der Waals surface area contributed by atoms with E-state index >= 15 is 0 Å². The number of aromatic nitrogens is 3. The number of pyridine rings is 1. The van der Waals surface area contributed by atoms with Crippen LogP contribution >= 0.6 is 0 Å². The van der Waals surface area contributed by atoms with Gasteiger partial charge in [0.05, 0.1) is 7.11 Å². The summed E-state index contributed by atoms with van der Waals surface area (Å²) >= 11 is 0. The maximum Gasteiger partial charge on any atom is 0.246 e. The van der Waals surface area contributed by atoms with E-state index in [1.165, 1.54) is 11.4 Å². The molecule has 1 N–H and O–H groups in total. The zero-order valence-corrected chi connectivity index (χ0v) is 18.2. The van der Waals surface area contributed by atoms with Gasteiger partial charge in [0.2, 0.25) is 10.0 Å². The summed E-state index contributed by atoms with van der Waals surface area (Å²) < 4.78 is 33.1. The number of nitrogens with zero attached hydrogens (tertiary/aromatic N) is 5. The molecule has 0 aliphatic carbocycles. The SMILES string of the molecule is COc1ccc(C)cc1S(=O)(=O)N1CCN(c2ccc(Nc3ccncc3)nn2)CC1. The standard InChI is InChI=1S/C21H24N6O3S/c1-16-3-4-18(30-2)19(15-16)31(28,29)27-13-11-26(12-14-27)21-6-5-20(24-25-21)23-17-7-9-22-10-8-17/h3-10,15H,11-14H2,1-2H3,(H,22,23,24). The highest BCUT2D eigenvalue weighted by atomic mass is 32.2. The molecule has 1 aliphatic rings. The lowest BCUT2D eigenvalue weighted by Gasteiger charge is -2.34. The molecule has 0 saturated carbocycles. The zero-order valence-electron chi connectivity index (χ0n) is 17.4. The van der Waals surface area contributed by atoms with Crippen LogP contribution in [0.25, 0.3) is 0 Å². The van der Waals surface area contributed by atoms with Gasteiger partial charge in [-0.1, -0.05) is 6.07 Å². The van der Waals surface area contributed by atoms with Crippen molar-refractivity contribution in [1.29, 1.82) is 0 Å². The van der Waals surface area contributed by atoms with Crippen molar-refractivity contribution in [3.8, 4) is 5.75 Å². The normalized spacial score (nSPS) is 15.0. The number of hydrogen-bond donors (Lipinski definition) is 1. The molecule has 0 amide bonds. The van der Waals surface area contributed by atoms with Gasteiger partial charge in [-0.15, -0.1) is 10.2 Å². The fourth-order valence-electron chi connectivity index (χ4n) is 3.43. The Labute approximate surface area is 181 Å². The van der Waals surface area contributed by atoms with Crippen molar-refractivity contribution in [2.45, 2.75) is 11.8 Å². The van der Waals surface area contributed by atoms with Crippen LogP contribution in [0.1, 0.15) is 5.56 Å². The lowest BCUT2D eigenvalue weighted by Crippen LogP contribution is -2.49. The molecule has 10 heteroatoms.